The molecule has 576 valence electrons. The molecule has 8 saturated heterocycles. The lowest BCUT2D eigenvalue weighted by Crippen LogP contribution is -2.63. The summed E-state index contributed by atoms with van der Waals surface area (Å²) in [6, 6.07) is 44.0. The molecule has 10 aliphatic rings. The smallest absolute Gasteiger partial charge is 0.230 e. The van der Waals surface area contributed by atoms with Crippen LogP contribution in [0, 0.1) is 41.1 Å². The third-order valence-corrected chi connectivity index (χ3v) is 24.1. The van der Waals surface area contributed by atoms with E-state index >= 15 is 0 Å². The summed E-state index contributed by atoms with van der Waals surface area (Å²) in [7, 11) is 0. The summed E-state index contributed by atoms with van der Waals surface area (Å²) in [5.74, 6) is -4.90. The predicted molar refractivity (Wildman–Crippen MR) is 413 cm³/mol. The van der Waals surface area contributed by atoms with Crippen LogP contribution in [0.2, 0.25) is 0 Å². The first kappa shape index (κ1) is 72.6. The zero-order valence-electron chi connectivity index (χ0n) is 61.8. The van der Waals surface area contributed by atoms with Crippen LogP contribution in [-0.4, -0.2) is 199 Å². The molecule has 8 fully saturated rings. The second-order valence-corrected chi connectivity index (χ2v) is 30.6. The fourth-order valence-corrected chi connectivity index (χ4v) is 17.9. The van der Waals surface area contributed by atoms with Crippen LogP contribution < -0.4 is 40.4 Å². The van der Waals surface area contributed by atoms with E-state index in [0.717, 1.165) is 204 Å². The number of ketones is 4. The van der Waals surface area contributed by atoms with Gasteiger partial charge in [-0.1, -0.05) is 36.4 Å². The van der Waals surface area contributed by atoms with Crippen LogP contribution in [0.5, 0.6) is 0 Å². The van der Waals surface area contributed by atoms with Crippen LogP contribution in [0.3, 0.4) is 0 Å². The molecule has 0 radical (unpaired) electrons. The number of halogens is 3. The number of nitrogens with zero attached hydrogens (tertiary/aromatic N) is 15. The molecule has 4 amide bonds. The number of imide groups is 2. The van der Waals surface area contributed by atoms with Crippen LogP contribution in [0.4, 0.5) is 42.1 Å². The average Bonchev–Trinajstić information content (AvgIpc) is 1.61. The Morgan fingerprint density at radius 2 is 0.850 bits per heavy atom. The number of aromatic nitrogens is 8. The van der Waals surface area contributed by atoms with Gasteiger partial charge in [0.2, 0.25) is 23.6 Å². The SMILES string of the molecule is Fc1cccc([C@H]2CCCN2c2ccc3ncc(-c4cccc(N5CCN(C6CNC6)CC5)n4)n3n2)c1.O=C1CCC(C2C(=O)c3ccc(F)cc3C2=O)C(=O)N1.O=C1CCC(C2C(=O)c3ccc(N4CC(N5CCN(c6cccc(-c7cnc8ccc(N9CCC[C@@H]9c9cccc(F)c9)nn78)n6)CC5)C4)cc3C2=O)C(=O)N1. The van der Waals surface area contributed by atoms with E-state index in [1.165, 1.54) is 18.2 Å². The van der Waals surface area contributed by atoms with Crippen LogP contribution in [0.1, 0.15) is 116 Å². The lowest BCUT2D eigenvalue weighted by molar-refractivity contribution is -0.138. The fourth-order valence-electron chi connectivity index (χ4n) is 17.9. The van der Waals surface area contributed by atoms with Crippen molar-refractivity contribution in [2.24, 2.45) is 23.7 Å². The molecule has 8 aliphatic heterocycles. The van der Waals surface area contributed by atoms with Gasteiger partial charge in [-0.25, -0.2) is 42.1 Å². The van der Waals surface area contributed by atoms with Crippen LogP contribution in [-0.2, 0) is 19.2 Å². The number of carbonyl (C=O) groups excluding carboxylic acids is 8. The molecule has 6 aromatic heterocycles. The van der Waals surface area contributed by atoms with E-state index in [1.54, 1.807) is 36.4 Å². The number of anilines is 5. The normalized spacial score (nSPS) is 22.9. The zero-order chi connectivity index (χ0) is 77.3. The van der Waals surface area contributed by atoms with Gasteiger partial charge in [-0.15, -0.1) is 10.2 Å². The first-order chi connectivity index (χ1) is 55.0. The summed E-state index contributed by atoms with van der Waals surface area (Å²) in [5.41, 5.74) is 8.60. The Labute approximate surface area is 647 Å². The van der Waals surface area contributed by atoms with Gasteiger partial charge in [0, 0.05) is 144 Å². The van der Waals surface area contributed by atoms with Gasteiger partial charge in [0.15, 0.2) is 34.4 Å². The molecular formula is C84H81F3N18O8. The van der Waals surface area contributed by atoms with Crippen molar-refractivity contribution in [3.8, 4) is 22.8 Å². The van der Waals surface area contributed by atoms with Gasteiger partial charge in [-0.3, -0.25) is 58.8 Å². The van der Waals surface area contributed by atoms with Crippen LogP contribution in [0.15, 0.2) is 158 Å². The number of hydrogen-bond acceptors (Lipinski definition) is 22. The number of piperidine rings is 2. The molecule has 113 heavy (non-hydrogen) atoms. The van der Waals surface area contributed by atoms with Crippen molar-refractivity contribution in [1.29, 1.82) is 0 Å². The highest BCUT2D eigenvalue weighted by molar-refractivity contribution is 6.29. The molecule has 4 unspecified atom stereocenters. The first-order valence-corrected chi connectivity index (χ1v) is 38.9. The van der Waals surface area contributed by atoms with Gasteiger partial charge in [-0.2, -0.15) is 0 Å². The van der Waals surface area contributed by atoms with Crippen molar-refractivity contribution in [1.82, 2.24) is 64.9 Å². The molecule has 14 heterocycles. The van der Waals surface area contributed by atoms with Crippen LogP contribution in [0.25, 0.3) is 34.1 Å². The summed E-state index contributed by atoms with van der Waals surface area (Å²) in [4.78, 5) is 134. The van der Waals surface area contributed by atoms with Gasteiger partial charge in [0.25, 0.3) is 0 Å². The zero-order valence-corrected chi connectivity index (χ0v) is 61.8. The fraction of sp³-hybridized carbons (Fsp3) is 0.357. The monoisotopic (exact) mass is 1530 g/mol. The number of hydrogen-bond donors (Lipinski definition) is 3. The Morgan fingerprint density at radius 1 is 0.398 bits per heavy atom. The highest BCUT2D eigenvalue weighted by Crippen LogP contribution is 2.42. The third kappa shape index (κ3) is 14.0. The molecule has 29 heteroatoms. The number of amides is 4. The maximum atomic E-state index is 14.1. The van der Waals surface area contributed by atoms with Gasteiger partial charge in [0.05, 0.1) is 59.5 Å². The lowest BCUT2D eigenvalue weighted by atomic mass is 9.82. The van der Waals surface area contributed by atoms with Gasteiger partial charge in [-0.05, 0) is 159 Å². The second kappa shape index (κ2) is 30.3. The number of pyridine rings is 2. The lowest BCUT2D eigenvalue weighted by Gasteiger charge is -2.49. The van der Waals surface area contributed by atoms with Crippen molar-refractivity contribution in [2.45, 2.75) is 75.5 Å². The number of piperazine rings is 2. The molecule has 2 aliphatic carbocycles. The highest BCUT2D eigenvalue weighted by Gasteiger charge is 2.50. The van der Waals surface area contributed by atoms with E-state index < -0.39 is 58.8 Å². The third-order valence-electron chi connectivity index (χ3n) is 24.1. The van der Waals surface area contributed by atoms with E-state index in [9.17, 15) is 51.5 Å². The molecule has 26 nitrogen and oxygen atoms in total. The molecule has 0 bridgehead atoms. The van der Waals surface area contributed by atoms with Gasteiger partial charge < -0.3 is 29.8 Å². The van der Waals surface area contributed by atoms with E-state index in [2.05, 4.69) is 72.4 Å². The second-order valence-electron chi connectivity index (χ2n) is 30.6. The van der Waals surface area contributed by atoms with Crippen molar-refractivity contribution in [3.63, 3.8) is 0 Å². The van der Waals surface area contributed by atoms with Crippen LogP contribution >= 0.6 is 0 Å². The topological polar surface area (TPSA) is 281 Å². The van der Waals surface area contributed by atoms with Crippen molar-refractivity contribution >= 4 is 87.0 Å². The number of carbonyl (C=O) groups is 8. The number of Topliss-reactive ketones (excluding diaryl/α,β-unsaturated/α-hetero) is 4. The molecule has 4 aromatic carbocycles. The molecule has 3 N–H and O–H groups in total. The minimum Gasteiger partial charge on any atom is -0.368 e. The molecule has 0 saturated carbocycles. The molecule has 0 spiro atoms. The Balaban J connectivity index is 0.000000133. The molecule has 10 aromatic rings. The maximum absolute atomic E-state index is 14.1. The Morgan fingerprint density at radius 3 is 1.32 bits per heavy atom. The number of fused-ring (bicyclic) bond motifs is 4. The summed E-state index contributed by atoms with van der Waals surface area (Å²) in [5, 5.41) is 17.8. The van der Waals surface area contributed by atoms with E-state index in [4.69, 9.17) is 20.2 Å². The Bertz CT molecular complexity index is 5480. The van der Waals surface area contributed by atoms with Crippen molar-refractivity contribution < 1.29 is 51.5 Å². The number of benzene rings is 4. The predicted octanol–water partition coefficient (Wildman–Crippen LogP) is 8.57. The summed E-state index contributed by atoms with van der Waals surface area (Å²) in [6.45, 7) is 13.1. The quantitative estimate of drug-likeness (QED) is 0.0719. The number of rotatable bonds is 13. The first-order valence-electron chi connectivity index (χ1n) is 38.9. The summed E-state index contributed by atoms with van der Waals surface area (Å²) >= 11 is 0. The number of imidazole rings is 2. The average molecular weight is 1530 g/mol. The molecule has 6 atom stereocenters. The van der Waals surface area contributed by atoms with E-state index in [-0.39, 0.29) is 78.0 Å². The van der Waals surface area contributed by atoms with E-state index in [0.29, 0.717) is 23.2 Å². The Kier molecular flexibility index (Phi) is 19.4. The van der Waals surface area contributed by atoms with Gasteiger partial charge in [0.1, 0.15) is 52.1 Å². The highest BCUT2D eigenvalue weighted by atomic mass is 19.1. The Hall–Kier alpha value is -12.0. The summed E-state index contributed by atoms with van der Waals surface area (Å²) < 4.78 is 45.0. The molecular weight excluding hydrogens is 1450 g/mol. The van der Waals surface area contributed by atoms with Gasteiger partial charge >= 0.3 is 0 Å². The summed E-state index contributed by atoms with van der Waals surface area (Å²) in [6.07, 6.45) is 8.23. The minimum atomic E-state index is -1.14. The minimum absolute atomic E-state index is 0.0182. The van der Waals surface area contributed by atoms with E-state index in [1.807, 2.05) is 88.2 Å². The largest absolute Gasteiger partial charge is 0.368 e. The maximum Gasteiger partial charge on any atom is 0.230 e. The standard InChI is InChI=1S/C42H40FN9O4.C28H31FN8.C14H10FNO4/c43-26-5-1-4-25(20-26)33-7-3-15-51(33)37-13-12-35-44-22-34(52(35)47-37)32-6-2-8-36(45-32)49-18-16-48(17-19-49)28-23-50(24-28)27-9-10-29-31(21-27)41(55)39(40(29)54)30-11-14-38(53)46-42(30)56;29-21-5-1-4-20(16-21)24-7-3-11-36(24)28-10-9-26-31-19-25(37(26)33-28)23-6-2-8-27(32-23)35-14-12-34(13-15-35)22-17-30-18-22;15-6-1-2-7-9(5-6)13(19)11(12(7)18)8-3-4-10(17)16-14(8)20/h1-2,4-6,8-10,12-13,20-22,28,30,33,39H,3,7,11,14-19,23-24H2,(H,46,53,56);1-2,4-6,8-10,16,19,22,24,30H,3,7,11-15,17-18H2;1-2,5,8,11H,3-4H2,(H,16,17,20)/t30?,33-,39?;24-;/m11./s1. The molecule has 20 rings (SSSR count). The number of nitrogens with one attached hydrogen (secondary N) is 3. The van der Waals surface area contributed by atoms with Crippen molar-refractivity contribution in [2.75, 3.05) is 116 Å². The van der Waals surface area contributed by atoms with Crippen molar-refractivity contribution in [3.05, 3.63) is 209 Å².